The predicted molar refractivity (Wildman–Crippen MR) is 95.5 cm³/mol. The number of hydrogen-bond donors (Lipinski definition) is 2. The fourth-order valence-corrected chi connectivity index (χ4v) is 3.88. The molecule has 0 spiro atoms. The first-order valence-electron chi connectivity index (χ1n) is 9.09. The van der Waals surface area contributed by atoms with Gasteiger partial charge in [-0.15, -0.1) is 0 Å². The molecule has 1 saturated heterocycles. The van der Waals surface area contributed by atoms with Crippen LogP contribution in [-0.2, 0) is 11.3 Å². The second-order valence-corrected chi connectivity index (χ2v) is 7.20. The minimum atomic E-state index is 0.319. The number of H-pyrrole nitrogens is 1. The summed E-state index contributed by atoms with van der Waals surface area (Å²) in [4.78, 5) is 11.8. The Kier molecular flexibility index (Phi) is 4.67. The Morgan fingerprint density at radius 1 is 1.24 bits per heavy atom. The SMILES string of the molecule is COCc1nc(C2CC(N)C2)cc(N2CCC(c3ccn[nH]3)CC2)n1. The number of nitrogens with one attached hydrogen (secondary N) is 1. The molecule has 3 N–H and O–H groups in total. The van der Waals surface area contributed by atoms with E-state index < -0.39 is 0 Å². The molecule has 4 rings (SSSR count). The van der Waals surface area contributed by atoms with Crippen LogP contribution >= 0.6 is 0 Å². The summed E-state index contributed by atoms with van der Waals surface area (Å²) < 4.78 is 5.26. The molecule has 7 heteroatoms. The molecular weight excluding hydrogens is 316 g/mol. The lowest BCUT2D eigenvalue weighted by Gasteiger charge is -2.35. The van der Waals surface area contributed by atoms with Gasteiger partial charge in [0.1, 0.15) is 12.4 Å². The maximum absolute atomic E-state index is 5.96. The van der Waals surface area contributed by atoms with Crippen molar-refractivity contribution >= 4 is 5.82 Å². The fourth-order valence-electron chi connectivity index (χ4n) is 3.88. The van der Waals surface area contributed by atoms with Crippen LogP contribution in [0.4, 0.5) is 5.82 Å². The molecule has 1 aliphatic heterocycles. The quantitative estimate of drug-likeness (QED) is 0.862. The molecule has 0 amide bonds. The first kappa shape index (κ1) is 16.5. The van der Waals surface area contributed by atoms with Gasteiger partial charge in [0.15, 0.2) is 5.82 Å². The van der Waals surface area contributed by atoms with Gasteiger partial charge in [-0.05, 0) is 31.7 Å². The summed E-state index contributed by atoms with van der Waals surface area (Å²) in [6, 6.07) is 4.56. The Hall–Kier alpha value is -1.99. The van der Waals surface area contributed by atoms with Crippen molar-refractivity contribution < 1.29 is 4.74 Å². The second kappa shape index (κ2) is 7.09. The third-order valence-corrected chi connectivity index (χ3v) is 5.43. The van der Waals surface area contributed by atoms with Crippen LogP contribution in [0.25, 0.3) is 0 Å². The molecule has 0 radical (unpaired) electrons. The molecule has 134 valence electrons. The van der Waals surface area contributed by atoms with E-state index in [1.165, 1.54) is 5.69 Å². The summed E-state index contributed by atoms with van der Waals surface area (Å²) >= 11 is 0. The first-order valence-corrected chi connectivity index (χ1v) is 9.09. The number of hydrogen-bond acceptors (Lipinski definition) is 6. The normalized spacial score (nSPS) is 24.3. The van der Waals surface area contributed by atoms with Gasteiger partial charge in [0.05, 0.1) is 0 Å². The van der Waals surface area contributed by atoms with E-state index in [2.05, 4.69) is 27.2 Å². The second-order valence-electron chi connectivity index (χ2n) is 7.20. The van der Waals surface area contributed by atoms with Crippen LogP contribution < -0.4 is 10.6 Å². The smallest absolute Gasteiger partial charge is 0.156 e. The maximum Gasteiger partial charge on any atom is 0.156 e. The highest BCUT2D eigenvalue weighted by atomic mass is 16.5. The Bertz CT molecular complexity index is 690. The van der Waals surface area contributed by atoms with Crippen molar-refractivity contribution in [2.75, 3.05) is 25.1 Å². The highest BCUT2D eigenvalue weighted by Gasteiger charge is 2.30. The zero-order valence-corrected chi connectivity index (χ0v) is 14.7. The van der Waals surface area contributed by atoms with Gasteiger partial charge in [0, 0.05) is 61.7 Å². The Morgan fingerprint density at radius 3 is 2.68 bits per heavy atom. The van der Waals surface area contributed by atoms with Crippen molar-refractivity contribution in [2.45, 2.75) is 50.2 Å². The Labute approximate surface area is 148 Å². The lowest BCUT2D eigenvalue weighted by atomic mass is 9.78. The number of nitrogens with two attached hydrogens (primary N) is 1. The number of aromatic nitrogens is 4. The van der Waals surface area contributed by atoms with Crippen molar-refractivity contribution in [2.24, 2.45) is 5.73 Å². The largest absolute Gasteiger partial charge is 0.377 e. The summed E-state index contributed by atoms with van der Waals surface area (Å²) in [5.41, 5.74) is 8.32. The molecule has 1 aliphatic carbocycles. The van der Waals surface area contributed by atoms with Gasteiger partial charge in [-0.25, -0.2) is 9.97 Å². The third kappa shape index (κ3) is 3.52. The lowest BCUT2D eigenvalue weighted by Crippen LogP contribution is -2.36. The molecule has 0 aromatic carbocycles. The van der Waals surface area contributed by atoms with Crippen molar-refractivity contribution in [3.8, 4) is 0 Å². The van der Waals surface area contributed by atoms with E-state index in [9.17, 15) is 0 Å². The fraction of sp³-hybridized carbons (Fsp3) is 0.611. The van der Waals surface area contributed by atoms with Crippen LogP contribution in [0.5, 0.6) is 0 Å². The highest BCUT2D eigenvalue weighted by molar-refractivity contribution is 5.42. The van der Waals surface area contributed by atoms with Crippen LogP contribution in [0.1, 0.15) is 54.7 Å². The van der Waals surface area contributed by atoms with Gasteiger partial charge in [-0.2, -0.15) is 5.10 Å². The molecule has 2 aromatic heterocycles. The van der Waals surface area contributed by atoms with Crippen LogP contribution in [-0.4, -0.2) is 46.4 Å². The number of anilines is 1. The molecule has 7 nitrogen and oxygen atoms in total. The van der Waals surface area contributed by atoms with Crippen molar-refractivity contribution in [1.29, 1.82) is 0 Å². The minimum Gasteiger partial charge on any atom is -0.377 e. The molecule has 25 heavy (non-hydrogen) atoms. The van der Waals surface area contributed by atoms with Crippen molar-refractivity contribution in [3.05, 3.63) is 35.5 Å². The third-order valence-electron chi connectivity index (χ3n) is 5.43. The van der Waals surface area contributed by atoms with Crippen molar-refractivity contribution in [1.82, 2.24) is 20.2 Å². The molecule has 0 unspecified atom stereocenters. The van der Waals surface area contributed by atoms with E-state index >= 15 is 0 Å². The predicted octanol–water partition coefficient (Wildman–Crippen LogP) is 1.93. The van der Waals surface area contributed by atoms with Gasteiger partial charge in [0.25, 0.3) is 0 Å². The summed E-state index contributed by atoms with van der Waals surface area (Å²) in [5.74, 6) is 2.82. The summed E-state index contributed by atoms with van der Waals surface area (Å²) in [7, 11) is 1.69. The molecule has 3 heterocycles. The van der Waals surface area contributed by atoms with Crippen LogP contribution in [0, 0.1) is 0 Å². The molecule has 2 aliphatic rings. The van der Waals surface area contributed by atoms with E-state index in [1.54, 1.807) is 7.11 Å². The number of piperidine rings is 1. The molecule has 0 bridgehead atoms. The first-order chi connectivity index (χ1) is 12.2. The summed E-state index contributed by atoms with van der Waals surface area (Å²) in [6.07, 6.45) is 6.08. The molecule has 2 fully saturated rings. The van der Waals surface area contributed by atoms with Crippen LogP contribution in [0.3, 0.4) is 0 Å². The maximum atomic E-state index is 5.96. The minimum absolute atomic E-state index is 0.319. The number of ether oxygens (including phenoxy) is 1. The average Bonchev–Trinajstić information content (AvgIpc) is 3.14. The van der Waals surface area contributed by atoms with Gasteiger partial charge >= 0.3 is 0 Å². The standard InChI is InChI=1S/C18H26N6O/c1-25-11-17-21-16(13-8-14(19)9-13)10-18(22-17)24-6-3-12(4-7-24)15-2-5-20-23-15/h2,5,10,12-14H,3-4,6-9,11,19H2,1H3,(H,20,23). The Balaban J connectivity index is 1.49. The zero-order chi connectivity index (χ0) is 17.2. The van der Waals surface area contributed by atoms with E-state index in [-0.39, 0.29) is 0 Å². The van der Waals surface area contributed by atoms with Gasteiger partial charge in [0.2, 0.25) is 0 Å². The summed E-state index contributed by atoms with van der Waals surface area (Å²) in [6.45, 7) is 2.44. The average molecular weight is 342 g/mol. The number of aromatic amines is 1. The number of rotatable bonds is 5. The molecule has 0 atom stereocenters. The monoisotopic (exact) mass is 342 g/mol. The Morgan fingerprint density at radius 2 is 2.04 bits per heavy atom. The summed E-state index contributed by atoms with van der Waals surface area (Å²) in [5, 5.41) is 7.18. The van der Waals surface area contributed by atoms with Gasteiger partial charge in [-0.3, -0.25) is 5.10 Å². The number of methoxy groups -OCH3 is 1. The van der Waals surface area contributed by atoms with Gasteiger partial charge < -0.3 is 15.4 Å². The van der Waals surface area contributed by atoms with E-state index in [4.69, 9.17) is 20.4 Å². The van der Waals surface area contributed by atoms with E-state index in [0.29, 0.717) is 24.5 Å². The lowest BCUT2D eigenvalue weighted by molar-refractivity contribution is 0.177. The molecule has 1 saturated carbocycles. The van der Waals surface area contributed by atoms with Crippen LogP contribution in [0.2, 0.25) is 0 Å². The highest BCUT2D eigenvalue weighted by Crippen LogP contribution is 2.36. The topological polar surface area (TPSA) is 93.0 Å². The van der Waals surface area contributed by atoms with Crippen LogP contribution in [0.15, 0.2) is 18.3 Å². The van der Waals surface area contributed by atoms with Gasteiger partial charge in [-0.1, -0.05) is 0 Å². The zero-order valence-electron chi connectivity index (χ0n) is 14.7. The van der Waals surface area contributed by atoms with E-state index in [1.807, 2.05) is 6.20 Å². The van der Waals surface area contributed by atoms with E-state index in [0.717, 1.165) is 56.1 Å². The van der Waals surface area contributed by atoms with Crippen molar-refractivity contribution in [3.63, 3.8) is 0 Å². The molecular formula is C18H26N6O. The number of nitrogens with zero attached hydrogens (tertiary/aromatic N) is 4. The molecule has 2 aromatic rings.